The molecular weight excluding hydrogens is 472 g/mol. The van der Waals surface area contributed by atoms with Crippen LogP contribution in [-0.4, -0.2) is 42.5 Å². The van der Waals surface area contributed by atoms with Gasteiger partial charge in [0.1, 0.15) is 12.3 Å². The molecule has 10 heteroatoms. The van der Waals surface area contributed by atoms with Gasteiger partial charge in [0.2, 0.25) is 5.91 Å². The number of hydrogen-bond donors (Lipinski definition) is 0. The summed E-state index contributed by atoms with van der Waals surface area (Å²) in [6.45, 7) is -0.112. The first kappa shape index (κ1) is 22.4. The minimum atomic E-state index is -0.717. The molecule has 9 nitrogen and oxygen atoms in total. The molecule has 0 aromatic heterocycles. The van der Waals surface area contributed by atoms with E-state index < -0.39 is 28.6 Å². The predicted octanol–water partition coefficient (Wildman–Crippen LogP) is 3.63. The molecule has 1 unspecified atom stereocenters. The second-order valence-electron chi connectivity index (χ2n) is 6.80. The summed E-state index contributed by atoms with van der Waals surface area (Å²) in [5.74, 6) is -1.59. The van der Waals surface area contributed by atoms with E-state index in [2.05, 4.69) is 15.9 Å². The average Bonchev–Trinajstić information content (AvgIpc) is 3.16. The van der Waals surface area contributed by atoms with Crippen molar-refractivity contribution in [3.8, 4) is 0 Å². The highest BCUT2D eigenvalue weighted by molar-refractivity contribution is 9.08. The van der Waals surface area contributed by atoms with Crippen LogP contribution in [0.2, 0.25) is 0 Å². The molecule has 0 bridgehead atoms. The molecule has 0 saturated carbocycles. The van der Waals surface area contributed by atoms with E-state index in [1.165, 1.54) is 18.1 Å². The van der Waals surface area contributed by atoms with Gasteiger partial charge < -0.3 is 9.47 Å². The molecule has 1 saturated heterocycles. The molecule has 0 aliphatic carbocycles. The maximum atomic E-state index is 12.6. The summed E-state index contributed by atoms with van der Waals surface area (Å²) in [6.07, 6.45) is 0.535. The monoisotopic (exact) mass is 490 g/mol. The van der Waals surface area contributed by atoms with Crippen LogP contribution < -0.4 is 4.90 Å². The topological polar surface area (TPSA) is 116 Å². The lowest BCUT2D eigenvalue weighted by molar-refractivity contribution is -0.384. The number of alkyl halides is 1. The van der Waals surface area contributed by atoms with Crippen molar-refractivity contribution in [3.63, 3.8) is 0 Å². The summed E-state index contributed by atoms with van der Waals surface area (Å²) in [4.78, 5) is 49.3. The highest BCUT2D eigenvalue weighted by Gasteiger charge is 2.38. The maximum absolute atomic E-state index is 12.6. The molecule has 3 rings (SSSR count). The third-order valence-corrected chi connectivity index (χ3v) is 5.55. The number of halogens is 1. The molecule has 1 amide bonds. The molecule has 2 aromatic carbocycles. The van der Waals surface area contributed by atoms with Crippen molar-refractivity contribution in [2.75, 3.05) is 18.6 Å². The molecule has 0 radical (unpaired) electrons. The van der Waals surface area contributed by atoms with Crippen LogP contribution in [0.1, 0.15) is 39.1 Å². The Morgan fingerprint density at radius 3 is 2.55 bits per heavy atom. The van der Waals surface area contributed by atoms with Crippen molar-refractivity contribution in [1.29, 1.82) is 0 Å². The summed E-state index contributed by atoms with van der Waals surface area (Å²) < 4.78 is 10.1. The number of carbonyl (C=O) groups excluding carboxylic acids is 3. The van der Waals surface area contributed by atoms with Crippen LogP contribution in [0.4, 0.5) is 11.4 Å². The van der Waals surface area contributed by atoms with Gasteiger partial charge in [-0.3, -0.25) is 19.8 Å². The molecule has 0 N–H and O–H groups in total. The summed E-state index contributed by atoms with van der Waals surface area (Å²) >= 11 is 3.27. The van der Waals surface area contributed by atoms with E-state index >= 15 is 0 Å². The lowest BCUT2D eigenvalue weighted by atomic mass is 10.0. The van der Waals surface area contributed by atoms with E-state index in [-0.39, 0.29) is 35.5 Å². The molecule has 31 heavy (non-hydrogen) atoms. The lowest BCUT2D eigenvalue weighted by Gasteiger charge is -2.25. The number of nitro benzene ring substituents is 1. The molecule has 1 heterocycles. The number of nitrogens with zero attached hydrogens (tertiary/aromatic N) is 2. The second-order valence-corrected chi connectivity index (χ2v) is 7.36. The minimum absolute atomic E-state index is 0.0357. The quantitative estimate of drug-likeness (QED) is 0.251. The average molecular weight is 491 g/mol. The number of hydrogen-bond acceptors (Lipinski definition) is 7. The van der Waals surface area contributed by atoms with Gasteiger partial charge in [0.25, 0.3) is 5.69 Å². The lowest BCUT2D eigenvalue weighted by Crippen LogP contribution is -2.37. The highest BCUT2D eigenvalue weighted by Crippen LogP contribution is 2.37. The zero-order valence-electron chi connectivity index (χ0n) is 16.6. The number of benzene rings is 2. The van der Waals surface area contributed by atoms with Crippen molar-refractivity contribution < 1.29 is 28.8 Å². The zero-order chi connectivity index (χ0) is 22.5. The van der Waals surface area contributed by atoms with Crippen LogP contribution in [0.3, 0.4) is 0 Å². The van der Waals surface area contributed by atoms with Crippen LogP contribution >= 0.6 is 15.9 Å². The summed E-state index contributed by atoms with van der Waals surface area (Å²) in [5, 5.41) is 11.9. The molecule has 1 fully saturated rings. The van der Waals surface area contributed by atoms with Crippen molar-refractivity contribution in [2.24, 2.45) is 0 Å². The first-order valence-corrected chi connectivity index (χ1v) is 10.5. The number of rotatable bonds is 7. The third kappa shape index (κ3) is 4.74. The largest absolute Gasteiger partial charge is 0.465 e. The Balaban J connectivity index is 1.93. The molecule has 1 aliphatic rings. The fourth-order valence-corrected chi connectivity index (χ4v) is 3.90. The van der Waals surface area contributed by atoms with Gasteiger partial charge in [-0.15, -0.1) is 0 Å². The van der Waals surface area contributed by atoms with E-state index in [0.29, 0.717) is 17.5 Å². The van der Waals surface area contributed by atoms with Gasteiger partial charge in [-0.25, -0.2) is 9.59 Å². The number of carbonyl (C=O) groups is 3. The van der Waals surface area contributed by atoms with E-state index in [9.17, 15) is 24.5 Å². The zero-order valence-corrected chi connectivity index (χ0v) is 18.2. The predicted molar refractivity (Wildman–Crippen MR) is 114 cm³/mol. The number of amides is 1. The van der Waals surface area contributed by atoms with Crippen molar-refractivity contribution in [3.05, 3.63) is 69.3 Å². The van der Waals surface area contributed by atoms with Crippen LogP contribution in [0.5, 0.6) is 0 Å². The van der Waals surface area contributed by atoms with Crippen LogP contribution in [0.25, 0.3) is 0 Å². The molecule has 0 spiro atoms. The smallest absolute Gasteiger partial charge is 0.338 e. The van der Waals surface area contributed by atoms with E-state index in [0.717, 1.165) is 6.07 Å². The first-order chi connectivity index (χ1) is 14.9. The van der Waals surface area contributed by atoms with E-state index in [1.807, 2.05) is 0 Å². The Bertz CT molecular complexity index is 1030. The fraction of sp³-hybridized carbons (Fsp3) is 0.286. The van der Waals surface area contributed by atoms with Crippen molar-refractivity contribution >= 4 is 45.2 Å². The Hall–Kier alpha value is -3.27. The van der Waals surface area contributed by atoms with Gasteiger partial charge in [-0.1, -0.05) is 34.1 Å². The molecule has 1 aliphatic heterocycles. The number of nitro groups is 1. The van der Waals surface area contributed by atoms with Crippen LogP contribution in [-0.2, 0) is 19.6 Å². The number of methoxy groups -OCH3 is 1. The standard InChI is InChI=1S/C21H19BrN2O7/c1-30-21(27)16-10-18(24(28)29)17(9-14(16)11-22)23-15(7-8-19(23)25)12-31-20(26)13-5-3-2-4-6-13/h2-6,9-10,15H,7-8,11-12H2,1H3. The molecule has 162 valence electrons. The van der Waals surface area contributed by atoms with Crippen LogP contribution in [0, 0.1) is 10.1 Å². The Morgan fingerprint density at radius 1 is 1.23 bits per heavy atom. The summed E-state index contributed by atoms with van der Waals surface area (Å²) in [6, 6.07) is 10.4. The SMILES string of the molecule is COC(=O)c1cc([N+](=O)[O-])c(N2C(=O)CCC2COC(=O)c2ccccc2)cc1CBr. The number of ether oxygens (including phenoxy) is 2. The van der Waals surface area contributed by atoms with Gasteiger partial charge >= 0.3 is 11.9 Å². The van der Waals surface area contributed by atoms with Gasteiger partial charge in [0.15, 0.2) is 0 Å². The summed E-state index contributed by atoms with van der Waals surface area (Å²) in [7, 11) is 1.18. The number of anilines is 1. The van der Waals surface area contributed by atoms with Gasteiger partial charge in [-0.05, 0) is 30.2 Å². The Kier molecular flexibility index (Phi) is 7.01. The van der Waals surface area contributed by atoms with Gasteiger partial charge in [0.05, 0.1) is 29.2 Å². The normalized spacial score (nSPS) is 15.6. The first-order valence-electron chi connectivity index (χ1n) is 9.37. The number of esters is 2. The van der Waals surface area contributed by atoms with E-state index in [1.54, 1.807) is 30.3 Å². The summed E-state index contributed by atoms with van der Waals surface area (Å²) in [5.41, 5.74) is 0.490. The van der Waals surface area contributed by atoms with Gasteiger partial charge in [0, 0.05) is 17.8 Å². The second kappa shape index (κ2) is 9.69. The Labute approximate surface area is 186 Å². The maximum Gasteiger partial charge on any atom is 0.338 e. The van der Waals surface area contributed by atoms with Crippen LogP contribution in [0.15, 0.2) is 42.5 Å². The fourth-order valence-electron chi connectivity index (χ4n) is 3.43. The Morgan fingerprint density at radius 2 is 1.94 bits per heavy atom. The molecule has 2 aromatic rings. The van der Waals surface area contributed by atoms with Crippen molar-refractivity contribution in [1.82, 2.24) is 0 Å². The molecule has 1 atom stereocenters. The minimum Gasteiger partial charge on any atom is -0.465 e. The van der Waals surface area contributed by atoms with Gasteiger partial charge in [-0.2, -0.15) is 0 Å². The third-order valence-electron chi connectivity index (χ3n) is 4.95. The van der Waals surface area contributed by atoms with E-state index in [4.69, 9.17) is 9.47 Å². The highest BCUT2D eigenvalue weighted by atomic mass is 79.9. The molecular formula is C21H19BrN2O7. The van der Waals surface area contributed by atoms with Crippen molar-refractivity contribution in [2.45, 2.75) is 24.2 Å².